The van der Waals surface area contributed by atoms with Crippen molar-refractivity contribution in [3.8, 4) is 5.75 Å². The summed E-state index contributed by atoms with van der Waals surface area (Å²) in [6.07, 6.45) is 3.56. The van der Waals surface area contributed by atoms with Gasteiger partial charge in [0.05, 0.1) is 18.6 Å². The van der Waals surface area contributed by atoms with Crippen LogP contribution in [0.5, 0.6) is 5.75 Å². The zero-order valence-electron chi connectivity index (χ0n) is 18.9. The van der Waals surface area contributed by atoms with E-state index >= 15 is 0 Å². The van der Waals surface area contributed by atoms with Gasteiger partial charge in [-0.25, -0.2) is 0 Å². The highest BCUT2D eigenvalue weighted by Crippen LogP contribution is 2.56. The van der Waals surface area contributed by atoms with Crippen LogP contribution in [-0.4, -0.2) is 58.2 Å². The van der Waals surface area contributed by atoms with Gasteiger partial charge in [0.2, 0.25) is 0 Å². The van der Waals surface area contributed by atoms with E-state index in [-0.39, 0.29) is 49.4 Å². The minimum absolute atomic E-state index is 0.00307. The molecular formula is C25H35NO5. The Morgan fingerprint density at radius 1 is 1.32 bits per heavy atom. The number of rotatable bonds is 6. The molecule has 31 heavy (non-hydrogen) atoms. The largest absolute Gasteiger partial charge is 0.508 e. The number of carbonyl (C=O) groups excluding carboxylic acids is 2. The SMILES string of the molecule is CCOC(=O)CC1CC2(O)C(C)N(CC3CC3)CCC2(c2cc(O)ccc2C)CC1=O. The van der Waals surface area contributed by atoms with E-state index in [9.17, 15) is 19.8 Å². The first-order valence-corrected chi connectivity index (χ1v) is 11.6. The van der Waals surface area contributed by atoms with Crippen LogP contribution in [0.1, 0.15) is 63.5 Å². The number of likely N-dealkylation sites (tertiary alicyclic amines) is 1. The lowest BCUT2D eigenvalue weighted by molar-refractivity contribution is -0.177. The molecule has 1 aromatic rings. The summed E-state index contributed by atoms with van der Waals surface area (Å²) >= 11 is 0. The monoisotopic (exact) mass is 429 g/mol. The van der Waals surface area contributed by atoms with Gasteiger partial charge in [-0.05, 0) is 82.2 Å². The Morgan fingerprint density at radius 2 is 2.06 bits per heavy atom. The van der Waals surface area contributed by atoms with Crippen LogP contribution in [0.15, 0.2) is 18.2 Å². The van der Waals surface area contributed by atoms with Crippen molar-refractivity contribution in [3.63, 3.8) is 0 Å². The Labute approximate surface area is 184 Å². The minimum Gasteiger partial charge on any atom is -0.508 e. The van der Waals surface area contributed by atoms with E-state index in [4.69, 9.17) is 4.74 Å². The summed E-state index contributed by atoms with van der Waals surface area (Å²) in [4.78, 5) is 27.8. The first kappa shape index (κ1) is 22.3. The molecule has 170 valence electrons. The predicted molar refractivity (Wildman–Crippen MR) is 117 cm³/mol. The number of aryl methyl sites for hydroxylation is 1. The molecule has 0 bridgehead atoms. The maximum absolute atomic E-state index is 13.3. The highest BCUT2D eigenvalue weighted by atomic mass is 16.5. The number of benzene rings is 1. The second kappa shape index (κ2) is 8.21. The second-order valence-corrected chi connectivity index (χ2v) is 9.92. The van der Waals surface area contributed by atoms with Gasteiger partial charge in [0, 0.05) is 30.3 Å². The van der Waals surface area contributed by atoms with Crippen LogP contribution in [0.2, 0.25) is 0 Å². The predicted octanol–water partition coefficient (Wildman–Crippen LogP) is 3.11. The van der Waals surface area contributed by atoms with Gasteiger partial charge in [-0.15, -0.1) is 0 Å². The lowest BCUT2D eigenvalue weighted by atomic mass is 9.51. The standard InChI is InChI=1S/C25H35NO5/c1-4-31-23(29)11-19-13-25(30)17(3)26(15-18-6-7-18)10-9-24(25,14-22(19)28)21-12-20(27)8-5-16(21)2/h5,8,12,17-19,27,30H,4,6-7,9-11,13-15H2,1-3H3. The van der Waals surface area contributed by atoms with Crippen LogP contribution in [0.3, 0.4) is 0 Å². The smallest absolute Gasteiger partial charge is 0.306 e. The highest BCUT2D eigenvalue weighted by molar-refractivity contribution is 5.88. The average Bonchev–Trinajstić information content (AvgIpc) is 3.53. The summed E-state index contributed by atoms with van der Waals surface area (Å²) in [5.74, 6) is -0.0849. The van der Waals surface area contributed by atoms with Crippen LogP contribution in [-0.2, 0) is 19.7 Å². The molecule has 0 radical (unpaired) electrons. The number of carbonyl (C=O) groups is 2. The van der Waals surface area contributed by atoms with E-state index in [2.05, 4.69) is 11.8 Å². The summed E-state index contributed by atoms with van der Waals surface area (Å²) in [6, 6.07) is 5.08. The molecule has 6 heteroatoms. The van der Waals surface area contributed by atoms with Gasteiger partial charge in [0.1, 0.15) is 11.5 Å². The number of hydrogen-bond donors (Lipinski definition) is 2. The maximum Gasteiger partial charge on any atom is 0.306 e. The number of fused-ring (bicyclic) bond motifs is 1. The van der Waals surface area contributed by atoms with Gasteiger partial charge in [-0.1, -0.05) is 6.07 Å². The van der Waals surface area contributed by atoms with Crippen molar-refractivity contribution in [2.24, 2.45) is 11.8 Å². The van der Waals surface area contributed by atoms with E-state index in [0.717, 1.165) is 24.2 Å². The number of nitrogens with zero attached hydrogens (tertiary/aromatic N) is 1. The summed E-state index contributed by atoms with van der Waals surface area (Å²) in [5, 5.41) is 22.6. The molecule has 6 nitrogen and oxygen atoms in total. The van der Waals surface area contributed by atoms with Gasteiger partial charge < -0.3 is 14.9 Å². The topological polar surface area (TPSA) is 87.1 Å². The fourth-order valence-corrected chi connectivity index (χ4v) is 6.06. The summed E-state index contributed by atoms with van der Waals surface area (Å²) in [6.45, 7) is 7.84. The number of aliphatic hydroxyl groups is 1. The summed E-state index contributed by atoms with van der Waals surface area (Å²) in [7, 11) is 0. The van der Waals surface area contributed by atoms with Crippen molar-refractivity contribution in [2.45, 2.75) is 76.4 Å². The molecule has 0 amide bonds. The molecule has 1 saturated heterocycles. The second-order valence-electron chi connectivity index (χ2n) is 9.92. The van der Waals surface area contributed by atoms with Crippen molar-refractivity contribution < 1.29 is 24.5 Å². The Balaban J connectivity index is 1.74. The molecule has 2 saturated carbocycles. The average molecular weight is 430 g/mol. The van der Waals surface area contributed by atoms with Crippen molar-refractivity contribution >= 4 is 11.8 Å². The van der Waals surface area contributed by atoms with E-state index < -0.39 is 16.9 Å². The Kier molecular flexibility index (Phi) is 5.90. The van der Waals surface area contributed by atoms with Gasteiger partial charge in [-0.3, -0.25) is 14.5 Å². The lowest BCUT2D eigenvalue weighted by Gasteiger charge is -2.61. The number of aromatic hydroxyl groups is 1. The first-order valence-electron chi connectivity index (χ1n) is 11.6. The fourth-order valence-electron chi connectivity index (χ4n) is 6.06. The normalized spacial score (nSPS) is 33.7. The molecule has 0 spiro atoms. The number of phenolic OH excluding ortho intramolecular Hbond substituents is 1. The molecule has 3 fully saturated rings. The Hall–Kier alpha value is -1.92. The van der Waals surface area contributed by atoms with Crippen LogP contribution in [0.25, 0.3) is 0 Å². The number of piperidine rings is 1. The van der Waals surface area contributed by atoms with E-state index in [1.54, 1.807) is 19.1 Å². The van der Waals surface area contributed by atoms with E-state index in [1.165, 1.54) is 12.8 Å². The van der Waals surface area contributed by atoms with Crippen LogP contribution < -0.4 is 0 Å². The van der Waals surface area contributed by atoms with Gasteiger partial charge >= 0.3 is 5.97 Å². The van der Waals surface area contributed by atoms with E-state index in [1.807, 2.05) is 13.0 Å². The molecule has 4 rings (SSSR count). The van der Waals surface area contributed by atoms with Gasteiger partial charge in [0.15, 0.2) is 0 Å². The molecule has 3 aliphatic rings. The van der Waals surface area contributed by atoms with Crippen LogP contribution in [0.4, 0.5) is 0 Å². The van der Waals surface area contributed by atoms with Crippen LogP contribution >= 0.6 is 0 Å². The quantitative estimate of drug-likeness (QED) is 0.676. The number of Topliss-reactive ketones (excluding diaryl/α,β-unsaturated/α-hetero) is 1. The highest BCUT2D eigenvalue weighted by Gasteiger charge is 2.63. The molecule has 0 aromatic heterocycles. The fraction of sp³-hybridized carbons (Fsp3) is 0.680. The van der Waals surface area contributed by atoms with Crippen molar-refractivity contribution in [1.82, 2.24) is 4.90 Å². The first-order chi connectivity index (χ1) is 14.7. The maximum atomic E-state index is 13.3. The summed E-state index contributed by atoms with van der Waals surface area (Å²) < 4.78 is 5.10. The molecule has 4 atom stereocenters. The molecular weight excluding hydrogens is 394 g/mol. The number of ether oxygens (including phenoxy) is 1. The zero-order valence-corrected chi connectivity index (χ0v) is 18.9. The molecule has 2 N–H and O–H groups in total. The molecule has 1 aromatic carbocycles. The number of ketones is 1. The Morgan fingerprint density at radius 3 is 2.74 bits per heavy atom. The zero-order chi connectivity index (χ0) is 22.4. The van der Waals surface area contributed by atoms with Crippen molar-refractivity contribution in [3.05, 3.63) is 29.3 Å². The van der Waals surface area contributed by atoms with Crippen LogP contribution in [0, 0.1) is 18.8 Å². The number of hydrogen-bond acceptors (Lipinski definition) is 6. The van der Waals surface area contributed by atoms with E-state index in [0.29, 0.717) is 12.3 Å². The molecule has 4 unspecified atom stereocenters. The lowest BCUT2D eigenvalue weighted by Crippen LogP contribution is -2.71. The number of esters is 1. The van der Waals surface area contributed by atoms with Crippen molar-refractivity contribution in [1.29, 1.82) is 0 Å². The molecule has 1 heterocycles. The third-order valence-corrected chi connectivity index (χ3v) is 8.03. The molecule has 1 aliphatic heterocycles. The van der Waals surface area contributed by atoms with Gasteiger partial charge in [0.25, 0.3) is 0 Å². The Bertz CT molecular complexity index is 865. The minimum atomic E-state index is -1.18. The van der Waals surface area contributed by atoms with Crippen molar-refractivity contribution in [2.75, 3.05) is 19.7 Å². The molecule has 2 aliphatic carbocycles. The summed E-state index contributed by atoms with van der Waals surface area (Å²) in [5.41, 5.74) is -0.118. The number of phenols is 1. The third kappa shape index (κ3) is 3.89. The van der Waals surface area contributed by atoms with Gasteiger partial charge in [-0.2, -0.15) is 0 Å². The third-order valence-electron chi connectivity index (χ3n) is 8.03.